The maximum Gasteiger partial charge on any atom is 0.410 e. The zero-order valence-corrected chi connectivity index (χ0v) is 16.0. The number of ether oxygens (including phenoxy) is 1. The van der Waals surface area contributed by atoms with E-state index in [1.54, 1.807) is 0 Å². The lowest BCUT2D eigenvalue weighted by Crippen LogP contribution is -2.55. The molecule has 0 saturated carbocycles. The number of rotatable bonds is 3. The van der Waals surface area contributed by atoms with Crippen LogP contribution in [0.15, 0.2) is 0 Å². The molecule has 24 heavy (non-hydrogen) atoms. The Labute approximate surface area is 146 Å². The quantitative estimate of drug-likeness (QED) is 0.793. The maximum atomic E-state index is 12.6. The maximum absolute atomic E-state index is 12.6. The van der Waals surface area contributed by atoms with Gasteiger partial charge in [0.15, 0.2) is 0 Å². The summed E-state index contributed by atoms with van der Waals surface area (Å²) in [4.78, 5) is 30.7. The summed E-state index contributed by atoms with van der Waals surface area (Å²) < 4.78 is 5.57. The minimum Gasteiger partial charge on any atom is -0.444 e. The summed E-state index contributed by atoms with van der Waals surface area (Å²) in [6.45, 7) is 11.2. The van der Waals surface area contributed by atoms with Crippen LogP contribution in [-0.2, 0) is 4.74 Å². The van der Waals surface area contributed by atoms with Crippen molar-refractivity contribution in [2.45, 2.75) is 84.0 Å². The standard InChI is InChI=1S/C18H33N3O3/c1-7-20(8-2)16(22)19(6)15-11-13-9-10-14(12-15)21(13)17(23)24-18(3,4)5/h13-15H,7-12H2,1-6H3. The van der Waals surface area contributed by atoms with E-state index >= 15 is 0 Å². The number of fused-ring (bicyclic) bond motifs is 2. The molecular formula is C18H33N3O3. The lowest BCUT2D eigenvalue weighted by atomic mass is 9.96. The van der Waals surface area contributed by atoms with Crippen molar-refractivity contribution in [2.24, 2.45) is 0 Å². The van der Waals surface area contributed by atoms with Crippen LogP contribution >= 0.6 is 0 Å². The molecule has 6 nitrogen and oxygen atoms in total. The molecule has 2 unspecified atom stereocenters. The molecule has 0 spiro atoms. The van der Waals surface area contributed by atoms with Gasteiger partial charge in [-0.1, -0.05) is 0 Å². The van der Waals surface area contributed by atoms with E-state index in [0.29, 0.717) is 0 Å². The molecule has 2 heterocycles. The second kappa shape index (κ2) is 7.19. The fourth-order valence-electron chi connectivity index (χ4n) is 3.95. The first-order chi connectivity index (χ1) is 11.2. The average molecular weight is 339 g/mol. The molecular weight excluding hydrogens is 306 g/mol. The zero-order chi connectivity index (χ0) is 18.1. The highest BCUT2D eigenvalue weighted by Gasteiger charge is 2.46. The molecule has 6 heteroatoms. The Morgan fingerprint density at radius 3 is 2.00 bits per heavy atom. The average Bonchev–Trinajstić information content (AvgIpc) is 2.76. The number of amides is 3. The summed E-state index contributed by atoms with van der Waals surface area (Å²) in [6.07, 6.45) is 3.51. The monoisotopic (exact) mass is 339 g/mol. The van der Waals surface area contributed by atoms with Gasteiger partial charge >= 0.3 is 12.1 Å². The normalized spacial score (nSPS) is 26.2. The number of nitrogens with zero attached hydrogens (tertiary/aromatic N) is 3. The van der Waals surface area contributed by atoms with E-state index < -0.39 is 5.60 Å². The van der Waals surface area contributed by atoms with Crippen molar-refractivity contribution in [3.05, 3.63) is 0 Å². The van der Waals surface area contributed by atoms with Gasteiger partial charge < -0.3 is 19.4 Å². The first kappa shape index (κ1) is 18.9. The number of hydrogen-bond acceptors (Lipinski definition) is 3. The fourth-order valence-corrected chi connectivity index (χ4v) is 3.95. The SMILES string of the molecule is CCN(CC)C(=O)N(C)C1CC2CCC(C1)N2C(=O)OC(C)(C)C. The second-order valence-corrected chi connectivity index (χ2v) is 7.96. The third-order valence-electron chi connectivity index (χ3n) is 5.20. The van der Waals surface area contributed by atoms with Crippen LogP contribution < -0.4 is 0 Å². The first-order valence-corrected chi connectivity index (χ1v) is 9.21. The Morgan fingerprint density at radius 2 is 1.58 bits per heavy atom. The van der Waals surface area contributed by atoms with Crippen molar-refractivity contribution in [3.8, 4) is 0 Å². The van der Waals surface area contributed by atoms with E-state index in [1.807, 2.05) is 56.4 Å². The van der Waals surface area contributed by atoms with Crippen LogP contribution in [0, 0.1) is 0 Å². The van der Waals surface area contributed by atoms with E-state index in [9.17, 15) is 9.59 Å². The van der Waals surface area contributed by atoms with E-state index in [4.69, 9.17) is 4.74 Å². The summed E-state index contributed by atoms with van der Waals surface area (Å²) >= 11 is 0. The fraction of sp³-hybridized carbons (Fsp3) is 0.889. The topological polar surface area (TPSA) is 53.1 Å². The largest absolute Gasteiger partial charge is 0.444 e. The third kappa shape index (κ3) is 3.95. The molecule has 138 valence electrons. The number of urea groups is 1. The van der Waals surface area contributed by atoms with Gasteiger partial charge in [0.05, 0.1) is 0 Å². The summed E-state index contributed by atoms with van der Waals surface area (Å²) in [5.41, 5.74) is -0.469. The van der Waals surface area contributed by atoms with Gasteiger partial charge in [0, 0.05) is 38.3 Å². The van der Waals surface area contributed by atoms with Gasteiger partial charge in [0.2, 0.25) is 0 Å². The molecule has 0 aromatic carbocycles. The van der Waals surface area contributed by atoms with Gasteiger partial charge in [-0.05, 0) is 60.3 Å². The van der Waals surface area contributed by atoms with Gasteiger partial charge in [-0.15, -0.1) is 0 Å². The van der Waals surface area contributed by atoms with Crippen LogP contribution in [-0.4, -0.2) is 70.7 Å². The molecule has 2 atom stereocenters. The molecule has 0 aromatic heterocycles. The third-order valence-corrected chi connectivity index (χ3v) is 5.20. The highest BCUT2D eigenvalue weighted by Crippen LogP contribution is 2.38. The molecule has 0 aliphatic carbocycles. The predicted octanol–water partition coefficient (Wildman–Crippen LogP) is 3.31. The molecule has 2 aliphatic heterocycles. The smallest absolute Gasteiger partial charge is 0.410 e. The minimum absolute atomic E-state index is 0.0927. The molecule has 0 N–H and O–H groups in total. The second-order valence-electron chi connectivity index (χ2n) is 7.96. The molecule has 2 saturated heterocycles. The van der Waals surface area contributed by atoms with Crippen molar-refractivity contribution in [1.82, 2.24) is 14.7 Å². The van der Waals surface area contributed by atoms with Crippen molar-refractivity contribution < 1.29 is 14.3 Å². The molecule has 2 bridgehead atoms. The van der Waals surface area contributed by atoms with E-state index in [0.717, 1.165) is 38.8 Å². The van der Waals surface area contributed by atoms with E-state index in [2.05, 4.69) is 0 Å². The van der Waals surface area contributed by atoms with Crippen LogP contribution in [0.25, 0.3) is 0 Å². The van der Waals surface area contributed by atoms with Crippen molar-refractivity contribution in [3.63, 3.8) is 0 Å². The van der Waals surface area contributed by atoms with Crippen molar-refractivity contribution in [2.75, 3.05) is 20.1 Å². The molecule has 2 aliphatic rings. The Hall–Kier alpha value is -1.46. The van der Waals surface area contributed by atoms with Gasteiger partial charge in [0.25, 0.3) is 0 Å². The molecule has 0 radical (unpaired) electrons. The van der Waals surface area contributed by atoms with E-state index in [1.165, 1.54) is 0 Å². The number of carbonyl (C=O) groups is 2. The highest BCUT2D eigenvalue weighted by molar-refractivity contribution is 5.74. The lowest BCUT2D eigenvalue weighted by Gasteiger charge is -2.43. The lowest BCUT2D eigenvalue weighted by molar-refractivity contribution is -0.000437. The van der Waals surface area contributed by atoms with E-state index in [-0.39, 0.29) is 30.2 Å². The van der Waals surface area contributed by atoms with Gasteiger partial charge in [-0.25, -0.2) is 9.59 Å². The summed E-state index contributed by atoms with van der Waals surface area (Å²) in [5.74, 6) is 0. The van der Waals surface area contributed by atoms with Gasteiger partial charge in [0.1, 0.15) is 5.60 Å². The number of hydrogen-bond donors (Lipinski definition) is 0. The van der Waals surface area contributed by atoms with Crippen LogP contribution in [0.2, 0.25) is 0 Å². The predicted molar refractivity (Wildman–Crippen MR) is 94.0 cm³/mol. The number of carbonyl (C=O) groups excluding carboxylic acids is 2. The Kier molecular flexibility index (Phi) is 5.66. The first-order valence-electron chi connectivity index (χ1n) is 9.21. The molecule has 2 rings (SSSR count). The molecule has 2 fully saturated rings. The summed E-state index contributed by atoms with van der Waals surface area (Å²) in [6, 6.07) is 0.676. The molecule has 3 amide bonds. The van der Waals surface area contributed by atoms with Crippen LogP contribution in [0.3, 0.4) is 0 Å². The van der Waals surface area contributed by atoms with Gasteiger partial charge in [-0.2, -0.15) is 0 Å². The van der Waals surface area contributed by atoms with Gasteiger partial charge in [-0.3, -0.25) is 0 Å². The highest BCUT2D eigenvalue weighted by atomic mass is 16.6. The number of piperidine rings is 1. The van der Waals surface area contributed by atoms with Crippen LogP contribution in [0.1, 0.15) is 60.3 Å². The van der Waals surface area contributed by atoms with Crippen LogP contribution in [0.5, 0.6) is 0 Å². The Bertz CT molecular complexity index is 457. The summed E-state index contributed by atoms with van der Waals surface area (Å²) in [5, 5.41) is 0. The van der Waals surface area contributed by atoms with Crippen LogP contribution in [0.4, 0.5) is 9.59 Å². The zero-order valence-electron chi connectivity index (χ0n) is 16.0. The Morgan fingerprint density at radius 1 is 1.08 bits per heavy atom. The minimum atomic E-state index is -0.469. The summed E-state index contributed by atoms with van der Waals surface area (Å²) in [7, 11) is 1.90. The van der Waals surface area contributed by atoms with Crippen molar-refractivity contribution in [1.29, 1.82) is 0 Å². The molecule has 0 aromatic rings. The van der Waals surface area contributed by atoms with Crippen molar-refractivity contribution >= 4 is 12.1 Å². The Balaban J connectivity index is 2.02.